The summed E-state index contributed by atoms with van der Waals surface area (Å²) < 4.78 is 16.6. The van der Waals surface area contributed by atoms with Crippen molar-refractivity contribution in [2.75, 3.05) is 14.2 Å². The minimum atomic E-state index is 0.426. The molecular formula is C22H23N4O3+. The third-order valence-corrected chi connectivity index (χ3v) is 4.71. The number of hydrogen-bond acceptors (Lipinski definition) is 6. The van der Waals surface area contributed by atoms with Crippen LogP contribution in [-0.2, 0) is 13.1 Å². The van der Waals surface area contributed by atoms with E-state index in [4.69, 9.17) is 13.7 Å². The predicted molar refractivity (Wildman–Crippen MR) is 107 cm³/mol. The molecule has 0 fully saturated rings. The fraction of sp³-hybridized carbons (Fsp3) is 0.227. The Balaban J connectivity index is 1.49. The summed E-state index contributed by atoms with van der Waals surface area (Å²) in [5.41, 5.74) is 3.60. The summed E-state index contributed by atoms with van der Waals surface area (Å²) in [6.07, 6.45) is 0. The lowest BCUT2D eigenvalue weighted by Crippen LogP contribution is -3.06. The Kier molecular flexibility index (Phi) is 5.39. The highest BCUT2D eigenvalue weighted by Crippen LogP contribution is 2.33. The fourth-order valence-electron chi connectivity index (χ4n) is 3.26. The normalized spacial score (nSPS) is 12.1. The van der Waals surface area contributed by atoms with Crippen molar-refractivity contribution in [3.05, 3.63) is 71.8 Å². The topological polar surface area (TPSA) is 78.6 Å². The summed E-state index contributed by atoms with van der Waals surface area (Å²) in [5.74, 6) is 2.50. The molecular weight excluding hydrogens is 368 g/mol. The highest BCUT2D eigenvalue weighted by Gasteiger charge is 2.22. The van der Waals surface area contributed by atoms with Gasteiger partial charge in [-0.1, -0.05) is 35.5 Å². The lowest BCUT2D eigenvalue weighted by atomic mass is 10.1. The van der Waals surface area contributed by atoms with Crippen molar-refractivity contribution in [1.29, 1.82) is 0 Å². The van der Waals surface area contributed by atoms with Gasteiger partial charge in [0.05, 0.1) is 14.2 Å². The number of benzene rings is 2. The first-order valence-corrected chi connectivity index (χ1v) is 9.42. The Morgan fingerprint density at radius 2 is 1.72 bits per heavy atom. The van der Waals surface area contributed by atoms with Crippen LogP contribution in [0.3, 0.4) is 0 Å². The Labute approximate surface area is 168 Å². The molecule has 29 heavy (non-hydrogen) atoms. The van der Waals surface area contributed by atoms with Gasteiger partial charge in [-0.25, -0.2) is 0 Å². The second-order valence-corrected chi connectivity index (χ2v) is 6.99. The molecule has 7 heteroatoms. The van der Waals surface area contributed by atoms with E-state index in [1.54, 1.807) is 7.11 Å². The molecule has 7 nitrogen and oxygen atoms in total. The summed E-state index contributed by atoms with van der Waals surface area (Å²) in [5, 5.41) is 12.7. The van der Waals surface area contributed by atoms with Crippen LogP contribution in [0.1, 0.15) is 17.2 Å². The third kappa shape index (κ3) is 4.20. The van der Waals surface area contributed by atoms with Crippen LogP contribution < -0.4 is 9.64 Å². The maximum atomic E-state index is 5.95. The summed E-state index contributed by atoms with van der Waals surface area (Å²) in [6, 6.07) is 17.9. The quantitative estimate of drug-likeness (QED) is 0.522. The van der Waals surface area contributed by atoms with Gasteiger partial charge in [-0.15, -0.1) is 10.2 Å². The van der Waals surface area contributed by atoms with Crippen LogP contribution in [-0.4, -0.2) is 29.5 Å². The zero-order valence-corrected chi connectivity index (χ0v) is 16.7. The molecule has 4 rings (SSSR count). The number of hydrogen-bond donors (Lipinski definition) is 1. The van der Waals surface area contributed by atoms with E-state index in [1.165, 1.54) is 10.5 Å². The molecule has 0 radical (unpaired) electrons. The van der Waals surface area contributed by atoms with Crippen molar-refractivity contribution in [1.82, 2.24) is 15.4 Å². The average Bonchev–Trinajstić information content (AvgIpc) is 3.35. The van der Waals surface area contributed by atoms with E-state index in [9.17, 15) is 0 Å². The lowest BCUT2D eigenvalue weighted by molar-refractivity contribution is -0.909. The molecule has 2 aromatic heterocycles. The van der Waals surface area contributed by atoms with Gasteiger partial charge in [0.15, 0.2) is 6.54 Å². The summed E-state index contributed by atoms with van der Waals surface area (Å²) >= 11 is 0. The summed E-state index contributed by atoms with van der Waals surface area (Å²) in [4.78, 5) is 1.23. The van der Waals surface area contributed by atoms with Crippen LogP contribution >= 0.6 is 0 Å². The van der Waals surface area contributed by atoms with Crippen molar-refractivity contribution >= 4 is 0 Å². The standard InChI is InChI=1S/C22H22N4O3/c1-15-20(21(25-29-15)17-7-5-4-6-8-17)22-24-23-19(28-22)14-26(2)13-16-9-11-18(27-3)12-10-16/h4-12H,13-14H2,1-3H3/p+1. The van der Waals surface area contributed by atoms with Gasteiger partial charge >= 0.3 is 0 Å². The highest BCUT2D eigenvalue weighted by atomic mass is 16.5. The molecule has 0 spiro atoms. The van der Waals surface area contributed by atoms with E-state index < -0.39 is 0 Å². The van der Waals surface area contributed by atoms with Gasteiger partial charge in [-0.2, -0.15) is 0 Å². The molecule has 0 aliphatic rings. The summed E-state index contributed by atoms with van der Waals surface area (Å²) in [6.45, 7) is 3.30. The van der Waals surface area contributed by atoms with Crippen LogP contribution in [0.25, 0.3) is 22.7 Å². The van der Waals surface area contributed by atoms with Crippen LogP contribution in [0, 0.1) is 6.92 Å². The zero-order chi connectivity index (χ0) is 20.2. The van der Waals surface area contributed by atoms with Crippen LogP contribution in [0.5, 0.6) is 5.75 Å². The second kappa shape index (κ2) is 8.28. The van der Waals surface area contributed by atoms with E-state index in [0.29, 0.717) is 29.8 Å². The molecule has 0 saturated carbocycles. The van der Waals surface area contributed by atoms with Crippen LogP contribution in [0.15, 0.2) is 63.5 Å². The maximum absolute atomic E-state index is 5.95. The first-order valence-electron chi connectivity index (χ1n) is 9.42. The number of aromatic nitrogens is 3. The Morgan fingerprint density at radius 1 is 0.966 bits per heavy atom. The minimum absolute atomic E-state index is 0.426. The average molecular weight is 391 g/mol. The fourth-order valence-corrected chi connectivity index (χ4v) is 3.26. The van der Waals surface area contributed by atoms with E-state index in [1.807, 2.05) is 49.4 Å². The molecule has 1 atom stereocenters. The number of nitrogens with one attached hydrogen (secondary N) is 1. The second-order valence-electron chi connectivity index (χ2n) is 6.99. The SMILES string of the molecule is COc1ccc(C[NH+](C)Cc2nnc(-c3c(-c4ccccc4)noc3C)o2)cc1. The van der Waals surface area contributed by atoms with Gasteiger partial charge in [0, 0.05) is 11.1 Å². The number of aryl methyl sites for hydroxylation is 1. The minimum Gasteiger partial charge on any atom is -0.497 e. The van der Waals surface area contributed by atoms with E-state index >= 15 is 0 Å². The first kappa shape index (κ1) is 18.9. The molecule has 0 aliphatic heterocycles. The van der Waals surface area contributed by atoms with Gasteiger partial charge in [-0.3, -0.25) is 0 Å². The molecule has 4 aromatic rings. The Hall–Kier alpha value is -3.45. The Morgan fingerprint density at radius 3 is 2.45 bits per heavy atom. The van der Waals surface area contributed by atoms with Gasteiger partial charge < -0.3 is 18.6 Å². The van der Waals surface area contributed by atoms with Gasteiger partial charge in [0.25, 0.3) is 11.8 Å². The van der Waals surface area contributed by atoms with Crippen molar-refractivity contribution < 1.29 is 18.6 Å². The number of quaternary nitrogens is 1. The highest BCUT2D eigenvalue weighted by molar-refractivity contribution is 5.77. The molecule has 0 saturated heterocycles. The number of methoxy groups -OCH3 is 1. The molecule has 1 N–H and O–H groups in total. The lowest BCUT2D eigenvalue weighted by Gasteiger charge is -2.12. The molecule has 0 aliphatic carbocycles. The Bertz CT molecular complexity index is 1070. The van der Waals surface area contributed by atoms with Crippen LogP contribution in [0.4, 0.5) is 0 Å². The van der Waals surface area contributed by atoms with Gasteiger partial charge in [0.2, 0.25) is 0 Å². The van der Waals surface area contributed by atoms with E-state index in [0.717, 1.165) is 23.4 Å². The zero-order valence-electron chi connectivity index (χ0n) is 16.7. The first-order chi connectivity index (χ1) is 14.1. The molecule has 2 heterocycles. The van der Waals surface area contributed by atoms with Crippen molar-refractivity contribution in [3.8, 4) is 28.5 Å². The number of rotatable bonds is 7. The van der Waals surface area contributed by atoms with Gasteiger partial charge in [0.1, 0.15) is 29.3 Å². The van der Waals surface area contributed by atoms with Crippen molar-refractivity contribution in [2.45, 2.75) is 20.0 Å². The molecule has 0 amide bonds. The molecule has 0 bridgehead atoms. The monoisotopic (exact) mass is 391 g/mol. The van der Waals surface area contributed by atoms with E-state index in [-0.39, 0.29) is 0 Å². The van der Waals surface area contributed by atoms with Crippen molar-refractivity contribution in [3.63, 3.8) is 0 Å². The maximum Gasteiger partial charge on any atom is 0.271 e. The molecule has 1 unspecified atom stereocenters. The molecule has 148 valence electrons. The number of ether oxygens (including phenoxy) is 1. The largest absolute Gasteiger partial charge is 0.497 e. The summed E-state index contributed by atoms with van der Waals surface area (Å²) in [7, 11) is 3.76. The number of nitrogens with zero attached hydrogens (tertiary/aromatic N) is 3. The van der Waals surface area contributed by atoms with E-state index in [2.05, 4.69) is 34.5 Å². The van der Waals surface area contributed by atoms with Gasteiger partial charge in [-0.05, 0) is 31.2 Å². The van der Waals surface area contributed by atoms with Crippen LogP contribution in [0.2, 0.25) is 0 Å². The predicted octanol–water partition coefficient (Wildman–Crippen LogP) is 2.92. The van der Waals surface area contributed by atoms with Crippen molar-refractivity contribution in [2.24, 2.45) is 0 Å². The third-order valence-electron chi connectivity index (χ3n) is 4.71. The smallest absolute Gasteiger partial charge is 0.271 e. The molecule has 2 aromatic carbocycles.